The van der Waals surface area contributed by atoms with E-state index >= 15 is 0 Å². The van der Waals surface area contributed by atoms with Crippen molar-refractivity contribution in [1.29, 1.82) is 0 Å². The maximum Gasteiger partial charge on any atom is 0.0129 e. The molecule has 0 radical (unpaired) electrons. The number of hydrogen-bond acceptors (Lipinski definition) is 1. The Morgan fingerprint density at radius 1 is 0.864 bits per heavy atom. The van der Waals surface area contributed by atoms with Crippen LogP contribution in [0, 0.1) is 5.92 Å². The van der Waals surface area contributed by atoms with Gasteiger partial charge in [-0.2, -0.15) is 0 Å². The number of benzene rings is 1. The van der Waals surface area contributed by atoms with Gasteiger partial charge in [0.05, 0.1) is 0 Å². The van der Waals surface area contributed by atoms with Crippen molar-refractivity contribution in [3.8, 4) is 0 Å². The van der Waals surface area contributed by atoms with E-state index in [1.165, 1.54) is 63.4 Å². The molecular formula is C21H37N. The van der Waals surface area contributed by atoms with Gasteiger partial charge in [-0.1, -0.05) is 88.6 Å². The fourth-order valence-corrected chi connectivity index (χ4v) is 3.16. The van der Waals surface area contributed by atoms with Gasteiger partial charge < -0.3 is 5.73 Å². The van der Waals surface area contributed by atoms with Crippen molar-refractivity contribution < 1.29 is 0 Å². The molecule has 1 heteroatoms. The van der Waals surface area contributed by atoms with E-state index in [2.05, 4.69) is 51.1 Å². The summed E-state index contributed by atoms with van der Waals surface area (Å²) >= 11 is 0. The molecule has 1 rings (SSSR count). The van der Waals surface area contributed by atoms with Crippen LogP contribution in [0.25, 0.3) is 0 Å². The van der Waals surface area contributed by atoms with Crippen LogP contribution in [0.2, 0.25) is 0 Å². The Labute approximate surface area is 138 Å². The van der Waals surface area contributed by atoms with Gasteiger partial charge in [-0.25, -0.2) is 0 Å². The van der Waals surface area contributed by atoms with Crippen molar-refractivity contribution in [1.82, 2.24) is 0 Å². The highest BCUT2D eigenvalue weighted by Crippen LogP contribution is 2.25. The largest absolute Gasteiger partial charge is 0.325 e. The summed E-state index contributed by atoms with van der Waals surface area (Å²) in [6.07, 6.45) is 13.5. The summed E-state index contributed by atoms with van der Waals surface area (Å²) in [6.45, 7) is 6.65. The van der Waals surface area contributed by atoms with Crippen molar-refractivity contribution in [3.63, 3.8) is 0 Å². The Bertz CT molecular complexity index is 363. The lowest BCUT2D eigenvalue weighted by Gasteiger charge is -2.31. The molecule has 126 valence electrons. The predicted molar refractivity (Wildman–Crippen MR) is 99.1 cm³/mol. The first kappa shape index (κ1) is 19.2. The van der Waals surface area contributed by atoms with E-state index in [9.17, 15) is 0 Å². The van der Waals surface area contributed by atoms with Crippen molar-refractivity contribution in [3.05, 3.63) is 35.9 Å². The quantitative estimate of drug-likeness (QED) is 0.463. The molecule has 0 aliphatic carbocycles. The second-order valence-electron chi connectivity index (χ2n) is 7.47. The fraction of sp³-hybridized carbons (Fsp3) is 0.714. The van der Waals surface area contributed by atoms with Crippen molar-refractivity contribution in [2.24, 2.45) is 11.7 Å². The summed E-state index contributed by atoms with van der Waals surface area (Å²) < 4.78 is 0. The lowest BCUT2D eigenvalue weighted by atomic mass is 9.80. The first-order valence-corrected chi connectivity index (χ1v) is 9.37. The topological polar surface area (TPSA) is 26.0 Å². The molecule has 2 N–H and O–H groups in total. The zero-order chi connectivity index (χ0) is 16.3. The minimum absolute atomic E-state index is 0.0863. The molecule has 0 spiro atoms. The highest BCUT2D eigenvalue weighted by Gasteiger charge is 2.24. The number of nitrogens with two attached hydrogens (primary N) is 1. The zero-order valence-corrected chi connectivity index (χ0v) is 15.1. The van der Waals surface area contributed by atoms with E-state index in [0.717, 1.165) is 6.42 Å². The fourth-order valence-electron chi connectivity index (χ4n) is 3.16. The van der Waals surface area contributed by atoms with Crippen LogP contribution in [0.15, 0.2) is 30.3 Å². The van der Waals surface area contributed by atoms with Gasteiger partial charge in [0.2, 0.25) is 0 Å². The first-order valence-electron chi connectivity index (χ1n) is 9.37. The van der Waals surface area contributed by atoms with Crippen LogP contribution in [0.4, 0.5) is 0 Å². The summed E-state index contributed by atoms with van der Waals surface area (Å²) in [7, 11) is 0. The number of hydrogen-bond donors (Lipinski definition) is 1. The molecule has 0 saturated carbocycles. The number of rotatable bonds is 12. The lowest BCUT2D eigenvalue weighted by Crippen LogP contribution is -2.42. The van der Waals surface area contributed by atoms with E-state index < -0.39 is 0 Å². The van der Waals surface area contributed by atoms with Gasteiger partial charge in [-0.15, -0.1) is 0 Å². The van der Waals surface area contributed by atoms with Crippen molar-refractivity contribution >= 4 is 0 Å². The smallest absolute Gasteiger partial charge is 0.0129 e. The lowest BCUT2D eigenvalue weighted by molar-refractivity contribution is 0.290. The van der Waals surface area contributed by atoms with Crippen LogP contribution < -0.4 is 5.73 Å². The van der Waals surface area contributed by atoms with Crippen LogP contribution in [0.3, 0.4) is 0 Å². The Kier molecular flexibility index (Phi) is 9.47. The normalized spacial score (nSPS) is 13.3. The minimum atomic E-state index is -0.0863. The highest BCUT2D eigenvalue weighted by molar-refractivity contribution is 5.16. The summed E-state index contributed by atoms with van der Waals surface area (Å²) in [5, 5.41) is 0. The van der Waals surface area contributed by atoms with Crippen molar-refractivity contribution in [2.75, 3.05) is 0 Å². The molecule has 1 aromatic carbocycles. The average molecular weight is 304 g/mol. The van der Waals surface area contributed by atoms with E-state index in [4.69, 9.17) is 5.73 Å². The Morgan fingerprint density at radius 2 is 1.41 bits per heavy atom. The summed E-state index contributed by atoms with van der Waals surface area (Å²) in [4.78, 5) is 0. The monoisotopic (exact) mass is 303 g/mol. The molecule has 1 atom stereocenters. The second kappa shape index (κ2) is 10.8. The van der Waals surface area contributed by atoms with Gasteiger partial charge in [-0.3, -0.25) is 0 Å². The van der Waals surface area contributed by atoms with Gasteiger partial charge in [-0.05, 0) is 38.2 Å². The summed E-state index contributed by atoms with van der Waals surface area (Å²) in [5.41, 5.74) is 7.76. The van der Waals surface area contributed by atoms with Crippen LogP contribution in [-0.2, 0) is 6.42 Å². The highest BCUT2D eigenvalue weighted by atomic mass is 14.7. The predicted octanol–water partition coefficient (Wildman–Crippen LogP) is 6.11. The van der Waals surface area contributed by atoms with Crippen molar-refractivity contribution in [2.45, 2.75) is 90.5 Å². The average Bonchev–Trinajstić information content (AvgIpc) is 2.49. The molecule has 1 unspecified atom stereocenters. The Morgan fingerprint density at radius 3 is 1.95 bits per heavy atom. The Balaban J connectivity index is 2.25. The molecule has 0 bridgehead atoms. The third kappa shape index (κ3) is 8.58. The van der Waals surface area contributed by atoms with Gasteiger partial charge in [0.25, 0.3) is 0 Å². The maximum absolute atomic E-state index is 6.42. The molecule has 0 aliphatic heterocycles. The molecule has 0 heterocycles. The molecule has 1 nitrogen and oxygen atoms in total. The van der Waals surface area contributed by atoms with Gasteiger partial charge in [0, 0.05) is 5.54 Å². The van der Waals surface area contributed by atoms with E-state index in [-0.39, 0.29) is 5.54 Å². The minimum Gasteiger partial charge on any atom is -0.325 e. The summed E-state index contributed by atoms with van der Waals surface area (Å²) in [6, 6.07) is 10.8. The third-order valence-electron chi connectivity index (χ3n) is 4.78. The molecule has 0 saturated heterocycles. The van der Waals surface area contributed by atoms with Crippen LogP contribution >= 0.6 is 0 Å². The van der Waals surface area contributed by atoms with Crippen LogP contribution in [0.5, 0.6) is 0 Å². The molecule has 1 aromatic rings. The van der Waals surface area contributed by atoms with Crippen LogP contribution in [0.1, 0.15) is 84.1 Å². The second-order valence-corrected chi connectivity index (χ2v) is 7.47. The van der Waals surface area contributed by atoms with Gasteiger partial charge in [0.15, 0.2) is 0 Å². The van der Waals surface area contributed by atoms with E-state index in [1.54, 1.807) is 0 Å². The van der Waals surface area contributed by atoms with E-state index in [0.29, 0.717) is 5.92 Å². The van der Waals surface area contributed by atoms with Gasteiger partial charge in [0.1, 0.15) is 0 Å². The molecular weight excluding hydrogens is 266 g/mol. The molecule has 0 fully saturated rings. The molecule has 0 amide bonds. The summed E-state index contributed by atoms with van der Waals surface area (Å²) in [5.74, 6) is 0.579. The standard InChI is InChI=1S/C21H37N/c1-4-5-6-7-8-9-10-14-17-20(21(2,3)22)18-19-15-12-11-13-16-19/h11-13,15-16,20H,4-10,14,17-18,22H2,1-3H3. The SMILES string of the molecule is CCCCCCCCCCC(Cc1ccccc1)C(C)(C)N. The molecule has 0 aromatic heterocycles. The Hall–Kier alpha value is -0.820. The zero-order valence-electron chi connectivity index (χ0n) is 15.1. The maximum atomic E-state index is 6.42. The van der Waals surface area contributed by atoms with E-state index in [1.807, 2.05) is 0 Å². The first-order chi connectivity index (χ1) is 10.5. The molecule has 22 heavy (non-hydrogen) atoms. The molecule has 0 aliphatic rings. The third-order valence-corrected chi connectivity index (χ3v) is 4.78. The number of unbranched alkanes of at least 4 members (excludes halogenated alkanes) is 7. The van der Waals surface area contributed by atoms with Crippen LogP contribution in [-0.4, -0.2) is 5.54 Å². The van der Waals surface area contributed by atoms with Gasteiger partial charge >= 0.3 is 0 Å².